The number of aromatic nitrogens is 1. The first-order chi connectivity index (χ1) is 9.67. The Bertz CT molecular complexity index is 504. The lowest BCUT2D eigenvalue weighted by atomic mass is 9.88. The summed E-state index contributed by atoms with van der Waals surface area (Å²) in [6.07, 6.45) is 0.842. The van der Waals surface area contributed by atoms with E-state index in [0.717, 1.165) is 6.42 Å². The van der Waals surface area contributed by atoms with Gasteiger partial charge in [0.25, 0.3) is 5.91 Å². The Morgan fingerprint density at radius 2 is 2.14 bits per heavy atom. The fourth-order valence-electron chi connectivity index (χ4n) is 1.82. The highest BCUT2D eigenvalue weighted by Crippen LogP contribution is 2.20. The first-order valence-electron chi connectivity index (χ1n) is 7.03. The fraction of sp³-hybridized carbons (Fsp3) is 0.600. The van der Waals surface area contributed by atoms with Crippen LogP contribution in [0.5, 0.6) is 0 Å². The first kappa shape index (κ1) is 17.7. The van der Waals surface area contributed by atoms with Crippen LogP contribution in [0.3, 0.4) is 0 Å². The van der Waals surface area contributed by atoms with Crippen LogP contribution < -0.4 is 10.2 Å². The first-order valence-corrected chi connectivity index (χ1v) is 7.40. The average Bonchev–Trinajstić information content (AvgIpc) is 2.43. The maximum Gasteiger partial charge on any atom is 0.251 e. The Labute approximate surface area is 131 Å². The van der Waals surface area contributed by atoms with Crippen molar-refractivity contribution < 1.29 is 9.90 Å². The van der Waals surface area contributed by atoms with Crippen molar-refractivity contribution in [3.8, 4) is 0 Å². The summed E-state index contributed by atoms with van der Waals surface area (Å²) in [7, 11) is 3.65. The molecule has 1 aromatic rings. The lowest BCUT2D eigenvalue weighted by Gasteiger charge is -2.29. The highest BCUT2D eigenvalue weighted by Gasteiger charge is 2.27. The maximum atomic E-state index is 12.2. The van der Waals surface area contributed by atoms with E-state index >= 15 is 0 Å². The van der Waals surface area contributed by atoms with Crippen molar-refractivity contribution in [2.24, 2.45) is 5.92 Å². The van der Waals surface area contributed by atoms with E-state index in [1.54, 1.807) is 17.9 Å². The van der Waals surface area contributed by atoms with Gasteiger partial charge in [-0.2, -0.15) is 0 Å². The minimum absolute atomic E-state index is 0.0937. The molecule has 2 atom stereocenters. The molecule has 2 N–H and O–H groups in total. The number of carbonyl (C=O) groups excluding carboxylic acids is 1. The second kappa shape index (κ2) is 7.09. The molecule has 1 rings (SSSR count). The van der Waals surface area contributed by atoms with Crippen molar-refractivity contribution >= 4 is 23.3 Å². The van der Waals surface area contributed by atoms with E-state index in [1.165, 1.54) is 6.07 Å². The van der Waals surface area contributed by atoms with Crippen molar-refractivity contribution in [2.75, 3.05) is 25.5 Å². The molecule has 0 spiro atoms. The zero-order chi connectivity index (χ0) is 16.2. The van der Waals surface area contributed by atoms with Gasteiger partial charge in [0, 0.05) is 26.2 Å². The van der Waals surface area contributed by atoms with Gasteiger partial charge in [0.05, 0.1) is 5.60 Å². The van der Waals surface area contributed by atoms with Gasteiger partial charge in [-0.25, -0.2) is 4.98 Å². The molecule has 21 heavy (non-hydrogen) atoms. The number of pyridine rings is 1. The number of hydrogen-bond acceptors (Lipinski definition) is 4. The highest BCUT2D eigenvalue weighted by molar-refractivity contribution is 6.29. The molecule has 0 bridgehead atoms. The average molecular weight is 314 g/mol. The molecule has 2 unspecified atom stereocenters. The molecule has 0 aliphatic carbocycles. The molecule has 6 heteroatoms. The van der Waals surface area contributed by atoms with Crippen LogP contribution in [0.25, 0.3) is 0 Å². The molecule has 0 saturated carbocycles. The fourth-order valence-corrected chi connectivity index (χ4v) is 2.02. The molecule has 0 radical (unpaired) electrons. The summed E-state index contributed by atoms with van der Waals surface area (Å²) in [6, 6.07) is 3.18. The molecule has 0 saturated heterocycles. The SMILES string of the molecule is CCC(C)C(C)(O)CNC(=O)c1cc(Cl)nc(N(C)C)c1. The van der Waals surface area contributed by atoms with Crippen LogP contribution in [-0.2, 0) is 0 Å². The molecular weight excluding hydrogens is 290 g/mol. The van der Waals surface area contributed by atoms with Gasteiger partial charge < -0.3 is 15.3 Å². The summed E-state index contributed by atoms with van der Waals surface area (Å²) in [5.41, 5.74) is -0.510. The summed E-state index contributed by atoms with van der Waals surface area (Å²) in [5.74, 6) is 0.434. The van der Waals surface area contributed by atoms with Crippen LogP contribution in [0.15, 0.2) is 12.1 Å². The molecule has 5 nitrogen and oxygen atoms in total. The van der Waals surface area contributed by atoms with Gasteiger partial charge >= 0.3 is 0 Å². The molecule has 118 valence electrons. The van der Waals surface area contributed by atoms with Crippen molar-refractivity contribution in [3.63, 3.8) is 0 Å². The van der Waals surface area contributed by atoms with Crippen molar-refractivity contribution in [1.29, 1.82) is 0 Å². The van der Waals surface area contributed by atoms with Crippen LogP contribution in [0.2, 0.25) is 5.15 Å². The predicted octanol–water partition coefficient (Wildman–Crippen LogP) is 2.33. The van der Waals surface area contributed by atoms with E-state index in [2.05, 4.69) is 10.3 Å². The lowest BCUT2D eigenvalue weighted by molar-refractivity contribution is 0.00593. The highest BCUT2D eigenvalue weighted by atomic mass is 35.5. The number of rotatable bonds is 6. The quantitative estimate of drug-likeness (QED) is 0.791. The second-order valence-electron chi connectivity index (χ2n) is 5.78. The van der Waals surface area contributed by atoms with Crippen molar-refractivity contribution in [1.82, 2.24) is 10.3 Å². The Balaban J connectivity index is 2.81. The van der Waals surface area contributed by atoms with Gasteiger partial charge in [0.1, 0.15) is 11.0 Å². The van der Waals surface area contributed by atoms with Gasteiger partial charge in [-0.05, 0) is 25.0 Å². The molecule has 0 fully saturated rings. The summed E-state index contributed by atoms with van der Waals surface area (Å²) in [6.45, 7) is 5.89. The summed E-state index contributed by atoms with van der Waals surface area (Å²) in [4.78, 5) is 18.1. The van der Waals surface area contributed by atoms with Crippen LogP contribution in [0.4, 0.5) is 5.82 Å². The zero-order valence-corrected chi connectivity index (χ0v) is 14.0. The molecule has 1 amide bonds. The van der Waals surface area contributed by atoms with Gasteiger partial charge in [-0.1, -0.05) is 31.9 Å². The van der Waals surface area contributed by atoms with Crippen LogP contribution in [0.1, 0.15) is 37.6 Å². The van der Waals surface area contributed by atoms with Gasteiger partial charge in [-0.15, -0.1) is 0 Å². The molecule has 1 heterocycles. The number of amides is 1. The zero-order valence-electron chi connectivity index (χ0n) is 13.3. The second-order valence-corrected chi connectivity index (χ2v) is 6.17. The normalized spacial score (nSPS) is 15.2. The Morgan fingerprint density at radius 3 is 2.67 bits per heavy atom. The van der Waals surface area contributed by atoms with E-state index < -0.39 is 5.60 Å². The third-order valence-electron chi connectivity index (χ3n) is 3.78. The predicted molar refractivity (Wildman–Crippen MR) is 86.0 cm³/mol. The number of hydrogen-bond donors (Lipinski definition) is 2. The summed E-state index contributed by atoms with van der Waals surface area (Å²) < 4.78 is 0. The number of halogens is 1. The van der Waals surface area contributed by atoms with Gasteiger partial charge in [0.2, 0.25) is 0 Å². The molecule has 0 aromatic carbocycles. The summed E-state index contributed by atoms with van der Waals surface area (Å²) in [5, 5.41) is 13.3. The minimum atomic E-state index is -0.939. The van der Waals surface area contributed by atoms with Gasteiger partial charge in [-0.3, -0.25) is 4.79 Å². The maximum absolute atomic E-state index is 12.2. The standard InChI is InChI=1S/C15H24ClN3O2/c1-6-10(2)15(3,21)9-17-14(20)11-7-12(16)18-13(8-11)19(4)5/h7-8,10,21H,6,9H2,1-5H3,(H,17,20). The Kier molecular flexibility index (Phi) is 5.98. The Hall–Kier alpha value is -1.33. The van der Waals surface area contributed by atoms with Crippen molar-refractivity contribution in [3.05, 3.63) is 22.8 Å². The van der Waals surface area contributed by atoms with E-state index in [0.29, 0.717) is 11.4 Å². The van der Waals surface area contributed by atoms with Crippen molar-refractivity contribution in [2.45, 2.75) is 32.8 Å². The lowest BCUT2D eigenvalue weighted by Crippen LogP contribution is -2.45. The van der Waals surface area contributed by atoms with Gasteiger partial charge in [0.15, 0.2) is 0 Å². The molecule has 0 aliphatic heterocycles. The third-order valence-corrected chi connectivity index (χ3v) is 3.98. The number of nitrogens with one attached hydrogen (secondary N) is 1. The van der Waals surface area contributed by atoms with Crippen LogP contribution >= 0.6 is 11.6 Å². The topological polar surface area (TPSA) is 65.5 Å². The smallest absolute Gasteiger partial charge is 0.251 e. The van der Waals surface area contributed by atoms with E-state index in [4.69, 9.17) is 11.6 Å². The van der Waals surface area contributed by atoms with Crippen LogP contribution in [-0.4, -0.2) is 42.2 Å². The molecule has 1 aromatic heterocycles. The monoisotopic (exact) mass is 313 g/mol. The van der Waals surface area contributed by atoms with E-state index in [9.17, 15) is 9.90 Å². The molecular formula is C15H24ClN3O2. The molecule has 0 aliphatic rings. The number of aliphatic hydroxyl groups is 1. The van der Waals surface area contributed by atoms with Crippen LogP contribution in [0, 0.1) is 5.92 Å². The third kappa shape index (κ3) is 4.86. The number of nitrogens with zero attached hydrogens (tertiary/aromatic N) is 2. The van der Waals surface area contributed by atoms with E-state index in [-0.39, 0.29) is 23.5 Å². The largest absolute Gasteiger partial charge is 0.388 e. The Morgan fingerprint density at radius 1 is 1.52 bits per heavy atom. The minimum Gasteiger partial charge on any atom is -0.388 e. The number of carbonyl (C=O) groups is 1. The van der Waals surface area contributed by atoms with E-state index in [1.807, 2.05) is 27.9 Å². The summed E-state index contributed by atoms with van der Waals surface area (Å²) >= 11 is 5.93. The number of anilines is 1.